The van der Waals surface area contributed by atoms with Crippen molar-refractivity contribution < 1.29 is 14.7 Å². The lowest BCUT2D eigenvalue weighted by atomic mass is 10.1. The van der Waals surface area contributed by atoms with E-state index in [1.54, 1.807) is 35.6 Å². The third-order valence-electron chi connectivity index (χ3n) is 2.80. The highest BCUT2D eigenvalue weighted by atomic mass is 32.2. The number of rotatable bonds is 6. The van der Waals surface area contributed by atoms with Crippen LogP contribution in [0.15, 0.2) is 47.8 Å². The van der Waals surface area contributed by atoms with E-state index in [0.717, 1.165) is 16.6 Å². The first-order valence-corrected chi connectivity index (χ1v) is 8.00. The number of thioether (sulfide) groups is 1. The predicted molar refractivity (Wildman–Crippen MR) is 82.4 cm³/mol. The van der Waals surface area contributed by atoms with Crippen molar-refractivity contribution in [3.8, 4) is 0 Å². The molecule has 0 aliphatic carbocycles. The maximum Gasteiger partial charge on any atom is 0.307 e. The third-order valence-corrected chi connectivity index (χ3v) is 4.77. The summed E-state index contributed by atoms with van der Waals surface area (Å²) < 4.78 is 0. The van der Waals surface area contributed by atoms with Crippen molar-refractivity contribution in [2.45, 2.75) is 6.42 Å². The molecule has 0 aliphatic rings. The van der Waals surface area contributed by atoms with E-state index in [4.69, 9.17) is 0 Å². The van der Waals surface area contributed by atoms with Crippen LogP contribution in [0, 0.1) is 5.92 Å². The summed E-state index contributed by atoms with van der Waals surface area (Å²) in [6, 6.07) is 12.8. The largest absolute Gasteiger partial charge is 0.481 e. The number of carboxylic acids is 1. The Bertz CT molecular complexity index is 564. The second-order valence-corrected chi connectivity index (χ2v) is 6.31. The second kappa shape index (κ2) is 7.26. The predicted octanol–water partition coefficient (Wildman–Crippen LogP) is 3.57. The zero-order valence-electron chi connectivity index (χ0n) is 10.7. The summed E-state index contributed by atoms with van der Waals surface area (Å²) >= 11 is 2.61. The molecule has 1 heterocycles. The Balaban J connectivity index is 1.92. The van der Waals surface area contributed by atoms with E-state index in [9.17, 15) is 14.7 Å². The average Bonchev–Trinajstić information content (AvgIpc) is 2.96. The molecule has 3 nitrogen and oxygen atoms in total. The van der Waals surface area contributed by atoms with Gasteiger partial charge in [0.1, 0.15) is 0 Å². The summed E-state index contributed by atoms with van der Waals surface area (Å²) in [5.41, 5.74) is 0.609. The standard InChI is InChI=1S/C15H14O3S2/c16-14(17)12(9-13-7-4-8-19-13)10-20-15(18)11-5-2-1-3-6-11/h1-8,12H,9-10H2,(H,16,17). The number of carboxylic acid groups (broad SMARTS) is 1. The van der Waals surface area contributed by atoms with Crippen molar-refractivity contribution in [2.75, 3.05) is 5.75 Å². The van der Waals surface area contributed by atoms with Crippen LogP contribution < -0.4 is 0 Å². The first-order valence-electron chi connectivity index (χ1n) is 6.14. The highest BCUT2D eigenvalue weighted by Gasteiger charge is 2.20. The van der Waals surface area contributed by atoms with Gasteiger partial charge in [-0.3, -0.25) is 9.59 Å². The molecule has 2 aromatic rings. The fourth-order valence-electron chi connectivity index (χ4n) is 1.72. The molecule has 104 valence electrons. The zero-order valence-corrected chi connectivity index (χ0v) is 12.3. The molecule has 1 aromatic carbocycles. The molecular weight excluding hydrogens is 292 g/mol. The van der Waals surface area contributed by atoms with Gasteiger partial charge in [0.25, 0.3) is 0 Å². The lowest BCUT2D eigenvalue weighted by molar-refractivity contribution is -0.140. The van der Waals surface area contributed by atoms with Crippen molar-refractivity contribution >= 4 is 34.2 Å². The van der Waals surface area contributed by atoms with Crippen LogP contribution in [0.3, 0.4) is 0 Å². The molecular formula is C15H14O3S2. The zero-order chi connectivity index (χ0) is 14.4. The number of thiophene rings is 1. The minimum Gasteiger partial charge on any atom is -0.481 e. The summed E-state index contributed by atoms with van der Waals surface area (Å²) in [5, 5.41) is 11.1. The summed E-state index contributed by atoms with van der Waals surface area (Å²) in [5.74, 6) is -1.10. The molecule has 1 unspecified atom stereocenters. The first-order chi connectivity index (χ1) is 9.66. The lowest BCUT2D eigenvalue weighted by Crippen LogP contribution is -2.19. The number of carbonyl (C=O) groups is 2. The summed E-state index contributed by atoms with van der Waals surface area (Å²) in [7, 11) is 0. The number of aliphatic carboxylic acids is 1. The van der Waals surface area contributed by atoms with Gasteiger partial charge in [0, 0.05) is 16.2 Å². The van der Waals surface area contributed by atoms with Gasteiger partial charge in [-0.25, -0.2) is 0 Å². The lowest BCUT2D eigenvalue weighted by Gasteiger charge is -2.10. The van der Waals surface area contributed by atoms with Crippen LogP contribution >= 0.6 is 23.1 Å². The van der Waals surface area contributed by atoms with E-state index in [2.05, 4.69) is 0 Å². The molecule has 0 bridgehead atoms. The molecule has 0 aliphatic heterocycles. The van der Waals surface area contributed by atoms with Gasteiger partial charge in [-0.05, 0) is 17.9 Å². The van der Waals surface area contributed by atoms with Crippen LogP contribution in [0.25, 0.3) is 0 Å². The van der Waals surface area contributed by atoms with Crippen LogP contribution in [-0.2, 0) is 11.2 Å². The van der Waals surface area contributed by atoms with Crippen LogP contribution in [0.2, 0.25) is 0 Å². The minimum absolute atomic E-state index is 0.0805. The molecule has 1 atom stereocenters. The molecule has 0 fully saturated rings. The van der Waals surface area contributed by atoms with Crippen LogP contribution in [0.5, 0.6) is 0 Å². The fourth-order valence-corrected chi connectivity index (χ4v) is 3.43. The maximum absolute atomic E-state index is 11.9. The van der Waals surface area contributed by atoms with E-state index >= 15 is 0 Å². The number of carbonyl (C=O) groups excluding carboxylic acids is 1. The summed E-state index contributed by atoms with van der Waals surface area (Å²) in [4.78, 5) is 24.2. The van der Waals surface area contributed by atoms with Gasteiger partial charge in [-0.1, -0.05) is 48.2 Å². The normalized spacial score (nSPS) is 12.0. The van der Waals surface area contributed by atoms with Gasteiger partial charge < -0.3 is 5.11 Å². The van der Waals surface area contributed by atoms with Crippen molar-refractivity contribution in [3.63, 3.8) is 0 Å². The maximum atomic E-state index is 11.9. The van der Waals surface area contributed by atoms with Crippen LogP contribution in [0.4, 0.5) is 0 Å². The van der Waals surface area contributed by atoms with Crippen molar-refractivity contribution in [1.29, 1.82) is 0 Å². The molecule has 2 rings (SSSR count). The molecule has 1 aromatic heterocycles. The van der Waals surface area contributed by atoms with Crippen LogP contribution in [0.1, 0.15) is 15.2 Å². The van der Waals surface area contributed by atoms with Crippen molar-refractivity contribution in [2.24, 2.45) is 5.92 Å². The minimum atomic E-state index is -0.855. The van der Waals surface area contributed by atoms with Gasteiger partial charge >= 0.3 is 5.97 Å². The fraction of sp³-hybridized carbons (Fsp3) is 0.200. The second-order valence-electron chi connectivity index (χ2n) is 4.28. The smallest absolute Gasteiger partial charge is 0.307 e. The number of benzene rings is 1. The Kier molecular flexibility index (Phi) is 5.38. The SMILES string of the molecule is O=C(SCC(Cc1cccs1)C(=O)O)c1ccccc1. The highest BCUT2D eigenvalue weighted by molar-refractivity contribution is 8.14. The Hall–Kier alpha value is -1.59. The van der Waals surface area contributed by atoms with Crippen molar-refractivity contribution in [3.05, 3.63) is 58.3 Å². The van der Waals surface area contributed by atoms with E-state index in [0.29, 0.717) is 17.7 Å². The number of hydrogen-bond donors (Lipinski definition) is 1. The molecule has 0 saturated carbocycles. The van der Waals surface area contributed by atoms with Gasteiger partial charge in [0.15, 0.2) is 0 Å². The topological polar surface area (TPSA) is 54.4 Å². The first kappa shape index (κ1) is 14.8. The van der Waals surface area contributed by atoms with Gasteiger partial charge in [-0.15, -0.1) is 11.3 Å². The van der Waals surface area contributed by atoms with Crippen molar-refractivity contribution in [1.82, 2.24) is 0 Å². The number of hydrogen-bond acceptors (Lipinski definition) is 4. The van der Waals surface area contributed by atoms with Crippen LogP contribution in [-0.4, -0.2) is 21.9 Å². The molecule has 0 amide bonds. The Morgan fingerprint density at radius 3 is 2.50 bits per heavy atom. The third kappa shape index (κ3) is 4.21. The van der Waals surface area contributed by atoms with E-state index in [1.165, 1.54) is 0 Å². The Morgan fingerprint density at radius 2 is 1.90 bits per heavy atom. The monoisotopic (exact) mass is 306 g/mol. The summed E-state index contributed by atoms with van der Waals surface area (Å²) in [6.45, 7) is 0. The Morgan fingerprint density at radius 1 is 1.15 bits per heavy atom. The Labute approximate surface area is 125 Å². The van der Waals surface area contributed by atoms with E-state index in [1.807, 2.05) is 23.6 Å². The molecule has 0 saturated heterocycles. The van der Waals surface area contributed by atoms with Gasteiger partial charge in [-0.2, -0.15) is 0 Å². The molecule has 20 heavy (non-hydrogen) atoms. The average molecular weight is 306 g/mol. The molecule has 0 radical (unpaired) electrons. The van der Waals surface area contributed by atoms with E-state index in [-0.39, 0.29) is 5.12 Å². The summed E-state index contributed by atoms with van der Waals surface area (Å²) in [6.07, 6.45) is 0.474. The van der Waals surface area contributed by atoms with E-state index < -0.39 is 11.9 Å². The molecule has 5 heteroatoms. The van der Waals surface area contributed by atoms with Gasteiger partial charge in [0.05, 0.1) is 5.92 Å². The molecule has 0 spiro atoms. The van der Waals surface area contributed by atoms with Gasteiger partial charge in [0.2, 0.25) is 5.12 Å². The molecule has 1 N–H and O–H groups in total. The quantitative estimate of drug-likeness (QED) is 0.886. The highest BCUT2D eigenvalue weighted by Crippen LogP contribution is 2.21.